The van der Waals surface area contributed by atoms with Crippen LogP contribution in [0.5, 0.6) is 0 Å². The molecule has 126 valence electrons. The Labute approximate surface area is 154 Å². The van der Waals surface area contributed by atoms with Gasteiger partial charge in [0.1, 0.15) is 5.00 Å². The number of nitrogens with two attached hydrogens (primary N) is 1. The summed E-state index contributed by atoms with van der Waals surface area (Å²) in [5, 5.41) is 3.30. The van der Waals surface area contributed by atoms with Crippen molar-refractivity contribution < 1.29 is 9.59 Å². The van der Waals surface area contributed by atoms with Gasteiger partial charge in [0, 0.05) is 9.77 Å². The minimum absolute atomic E-state index is 0.169. The van der Waals surface area contributed by atoms with Crippen LogP contribution in [0.3, 0.4) is 0 Å². The third kappa shape index (κ3) is 4.49. The molecule has 1 heterocycles. The van der Waals surface area contributed by atoms with Crippen molar-refractivity contribution in [2.45, 2.75) is 4.90 Å². The van der Waals surface area contributed by atoms with E-state index < -0.39 is 5.91 Å². The molecule has 0 fully saturated rings. The van der Waals surface area contributed by atoms with Gasteiger partial charge in [0.2, 0.25) is 5.91 Å². The molecule has 2 amide bonds. The van der Waals surface area contributed by atoms with Gasteiger partial charge in [-0.05, 0) is 23.8 Å². The van der Waals surface area contributed by atoms with Gasteiger partial charge < -0.3 is 11.1 Å². The van der Waals surface area contributed by atoms with Crippen LogP contribution < -0.4 is 11.1 Å². The summed E-state index contributed by atoms with van der Waals surface area (Å²) in [5.41, 5.74) is 6.77. The van der Waals surface area contributed by atoms with Crippen LogP contribution >= 0.6 is 23.1 Å². The second-order valence-corrected chi connectivity index (χ2v) is 7.33. The Balaban J connectivity index is 1.73. The van der Waals surface area contributed by atoms with Crippen LogP contribution in [-0.2, 0) is 4.79 Å². The van der Waals surface area contributed by atoms with Crippen molar-refractivity contribution in [2.24, 2.45) is 5.73 Å². The normalized spacial score (nSPS) is 10.4. The van der Waals surface area contributed by atoms with E-state index in [1.807, 2.05) is 60.7 Å². The minimum Gasteiger partial charge on any atom is -0.366 e. The van der Waals surface area contributed by atoms with E-state index in [0.29, 0.717) is 10.6 Å². The number of hydrogen-bond acceptors (Lipinski definition) is 4. The van der Waals surface area contributed by atoms with Crippen LogP contribution in [-0.4, -0.2) is 17.6 Å². The van der Waals surface area contributed by atoms with E-state index >= 15 is 0 Å². The van der Waals surface area contributed by atoms with Crippen LogP contribution in [0, 0.1) is 0 Å². The number of thiophene rings is 1. The molecule has 0 aliphatic carbocycles. The van der Waals surface area contributed by atoms with E-state index in [4.69, 9.17) is 5.73 Å². The molecule has 0 saturated heterocycles. The first-order valence-electron chi connectivity index (χ1n) is 7.60. The summed E-state index contributed by atoms with van der Waals surface area (Å²) in [4.78, 5) is 25.8. The maximum Gasteiger partial charge on any atom is 0.251 e. The molecule has 0 radical (unpaired) electrons. The topological polar surface area (TPSA) is 72.2 Å². The van der Waals surface area contributed by atoms with E-state index in [-0.39, 0.29) is 11.7 Å². The first kappa shape index (κ1) is 17.3. The molecule has 3 aromatic rings. The fraction of sp³-hybridized carbons (Fsp3) is 0.0526. The fourth-order valence-corrected chi connectivity index (χ4v) is 4.04. The highest BCUT2D eigenvalue weighted by Gasteiger charge is 2.17. The average Bonchev–Trinajstić information content (AvgIpc) is 3.06. The second-order valence-electron chi connectivity index (χ2n) is 5.23. The molecule has 0 aliphatic heterocycles. The molecule has 0 spiro atoms. The molecule has 0 saturated carbocycles. The van der Waals surface area contributed by atoms with Crippen LogP contribution in [0.2, 0.25) is 0 Å². The molecule has 2 aromatic carbocycles. The molecular formula is C19H16N2O2S2. The van der Waals surface area contributed by atoms with Crippen molar-refractivity contribution in [1.29, 1.82) is 0 Å². The number of anilines is 1. The highest BCUT2D eigenvalue weighted by atomic mass is 32.2. The van der Waals surface area contributed by atoms with E-state index in [0.717, 1.165) is 15.3 Å². The largest absolute Gasteiger partial charge is 0.366 e. The predicted octanol–water partition coefficient (Wildman–Crippen LogP) is 4.24. The zero-order valence-electron chi connectivity index (χ0n) is 13.3. The first-order chi connectivity index (χ1) is 12.1. The third-order valence-corrected chi connectivity index (χ3v) is 5.53. The number of rotatable bonds is 6. The van der Waals surface area contributed by atoms with Crippen molar-refractivity contribution in [3.8, 4) is 10.4 Å². The van der Waals surface area contributed by atoms with E-state index in [1.54, 1.807) is 6.07 Å². The average molecular weight is 368 g/mol. The number of hydrogen-bond donors (Lipinski definition) is 2. The van der Waals surface area contributed by atoms with Gasteiger partial charge in [-0.1, -0.05) is 48.5 Å². The van der Waals surface area contributed by atoms with Gasteiger partial charge in [-0.2, -0.15) is 0 Å². The molecule has 3 rings (SSSR count). The molecule has 3 N–H and O–H groups in total. The van der Waals surface area contributed by atoms with Gasteiger partial charge >= 0.3 is 0 Å². The van der Waals surface area contributed by atoms with Crippen molar-refractivity contribution in [1.82, 2.24) is 0 Å². The molecule has 0 bridgehead atoms. The van der Waals surface area contributed by atoms with Crippen molar-refractivity contribution in [2.75, 3.05) is 11.1 Å². The molecule has 0 unspecified atom stereocenters. The SMILES string of the molecule is NC(=O)c1cc(-c2ccccc2)sc1NC(=O)CSc1ccccc1. The zero-order chi connectivity index (χ0) is 17.6. The maximum atomic E-state index is 12.2. The molecule has 6 heteroatoms. The molecule has 0 atom stereocenters. The van der Waals surface area contributed by atoms with E-state index in [1.165, 1.54) is 23.1 Å². The lowest BCUT2D eigenvalue weighted by molar-refractivity contribution is -0.113. The van der Waals surface area contributed by atoms with Crippen LogP contribution in [0.15, 0.2) is 71.6 Å². The summed E-state index contributed by atoms with van der Waals surface area (Å²) in [6, 6.07) is 21.1. The predicted molar refractivity (Wildman–Crippen MR) is 104 cm³/mol. The van der Waals surface area contributed by atoms with Gasteiger partial charge in [-0.25, -0.2) is 0 Å². The summed E-state index contributed by atoms with van der Waals surface area (Å²) in [7, 11) is 0. The highest BCUT2D eigenvalue weighted by Crippen LogP contribution is 2.35. The number of amides is 2. The monoisotopic (exact) mass is 368 g/mol. The summed E-state index contributed by atoms with van der Waals surface area (Å²) in [5.74, 6) is -0.455. The summed E-state index contributed by atoms with van der Waals surface area (Å²) < 4.78 is 0. The number of primary amides is 1. The van der Waals surface area contributed by atoms with Crippen LogP contribution in [0.4, 0.5) is 5.00 Å². The summed E-state index contributed by atoms with van der Waals surface area (Å²) in [6.45, 7) is 0. The van der Waals surface area contributed by atoms with E-state index in [2.05, 4.69) is 5.32 Å². The first-order valence-corrected chi connectivity index (χ1v) is 9.40. The quantitative estimate of drug-likeness (QED) is 0.639. The Morgan fingerprint density at radius 2 is 1.64 bits per heavy atom. The van der Waals surface area contributed by atoms with Gasteiger partial charge in [0.15, 0.2) is 0 Å². The minimum atomic E-state index is -0.551. The Hall–Kier alpha value is -2.57. The molecule has 1 aromatic heterocycles. The highest BCUT2D eigenvalue weighted by molar-refractivity contribution is 8.00. The third-order valence-electron chi connectivity index (χ3n) is 3.42. The number of carbonyl (C=O) groups is 2. The van der Waals surface area contributed by atoms with E-state index in [9.17, 15) is 9.59 Å². The van der Waals surface area contributed by atoms with Crippen molar-refractivity contribution in [3.63, 3.8) is 0 Å². The van der Waals surface area contributed by atoms with Crippen LogP contribution in [0.25, 0.3) is 10.4 Å². The van der Waals surface area contributed by atoms with Gasteiger partial charge in [-0.3, -0.25) is 9.59 Å². The number of nitrogens with one attached hydrogen (secondary N) is 1. The second kappa shape index (κ2) is 8.00. The zero-order valence-corrected chi connectivity index (χ0v) is 14.9. The lowest BCUT2D eigenvalue weighted by Gasteiger charge is -2.04. The lowest BCUT2D eigenvalue weighted by atomic mass is 10.1. The standard InChI is InChI=1S/C19H16N2O2S2/c20-18(23)15-11-16(13-7-3-1-4-8-13)25-19(15)21-17(22)12-24-14-9-5-2-6-10-14/h1-11H,12H2,(H2,20,23)(H,21,22). The molecule has 4 nitrogen and oxygen atoms in total. The number of carbonyl (C=O) groups excluding carboxylic acids is 2. The Kier molecular flexibility index (Phi) is 5.53. The van der Waals surface area contributed by atoms with Crippen molar-refractivity contribution >= 4 is 39.9 Å². The van der Waals surface area contributed by atoms with Crippen LogP contribution in [0.1, 0.15) is 10.4 Å². The molecular weight excluding hydrogens is 352 g/mol. The lowest BCUT2D eigenvalue weighted by Crippen LogP contribution is -2.17. The fourth-order valence-electron chi connectivity index (χ4n) is 2.24. The maximum absolute atomic E-state index is 12.2. The smallest absolute Gasteiger partial charge is 0.251 e. The van der Waals surface area contributed by atoms with Gasteiger partial charge in [-0.15, -0.1) is 23.1 Å². The molecule has 25 heavy (non-hydrogen) atoms. The van der Waals surface area contributed by atoms with Gasteiger partial charge in [0.25, 0.3) is 5.91 Å². The summed E-state index contributed by atoms with van der Waals surface area (Å²) in [6.07, 6.45) is 0. The molecule has 0 aliphatic rings. The number of benzene rings is 2. The summed E-state index contributed by atoms with van der Waals surface area (Å²) >= 11 is 2.79. The van der Waals surface area contributed by atoms with Crippen molar-refractivity contribution in [3.05, 3.63) is 72.3 Å². The Bertz CT molecular complexity index is 877. The Morgan fingerprint density at radius 1 is 1.00 bits per heavy atom. The number of thioether (sulfide) groups is 1. The van der Waals surface area contributed by atoms with Gasteiger partial charge in [0.05, 0.1) is 11.3 Å². The Morgan fingerprint density at radius 3 is 2.28 bits per heavy atom.